The highest BCUT2D eigenvalue weighted by Crippen LogP contribution is 2.28. The molecule has 0 heterocycles. The molecule has 0 aromatic heterocycles. The maximum absolute atomic E-state index is 12.5. The standard InChI is InChI=1S/C19H25NO5S/c1-14(2)16-7-5-6-8-17(16)25-12-11-20-26(21,22)19-10-9-15(23-3)13-18(19)24-4/h5-10,13-14,20H,11-12H2,1-4H3. The van der Waals surface area contributed by atoms with E-state index in [1.54, 1.807) is 6.07 Å². The molecule has 0 aliphatic heterocycles. The Kier molecular flexibility index (Phi) is 6.88. The zero-order valence-electron chi connectivity index (χ0n) is 15.5. The first-order valence-corrected chi connectivity index (χ1v) is 9.80. The third-order valence-electron chi connectivity index (χ3n) is 3.85. The van der Waals surface area contributed by atoms with Crippen LogP contribution in [-0.2, 0) is 10.0 Å². The molecule has 0 aliphatic rings. The van der Waals surface area contributed by atoms with Gasteiger partial charge in [0.15, 0.2) is 0 Å². The quantitative estimate of drug-likeness (QED) is 0.678. The molecule has 0 spiro atoms. The second kappa shape index (κ2) is 8.91. The highest BCUT2D eigenvalue weighted by Gasteiger charge is 2.19. The summed E-state index contributed by atoms with van der Waals surface area (Å²) in [7, 11) is -0.796. The first-order valence-electron chi connectivity index (χ1n) is 8.32. The third kappa shape index (κ3) is 4.89. The Labute approximate surface area is 155 Å². The SMILES string of the molecule is COc1ccc(S(=O)(=O)NCCOc2ccccc2C(C)C)c(OC)c1. The fraction of sp³-hybridized carbons (Fsp3) is 0.368. The highest BCUT2D eigenvalue weighted by molar-refractivity contribution is 7.89. The van der Waals surface area contributed by atoms with Gasteiger partial charge in [0.05, 0.1) is 14.2 Å². The van der Waals surface area contributed by atoms with Gasteiger partial charge in [0.1, 0.15) is 28.8 Å². The summed E-state index contributed by atoms with van der Waals surface area (Å²) < 4.78 is 43.5. The summed E-state index contributed by atoms with van der Waals surface area (Å²) in [5, 5.41) is 0. The van der Waals surface area contributed by atoms with Crippen LogP contribution in [0.3, 0.4) is 0 Å². The number of para-hydroxylation sites is 1. The van der Waals surface area contributed by atoms with Crippen molar-refractivity contribution in [3.8, 4) is 17.2 Å². The van der Waals surface area contributed by atoms with Gasteiger partial charge in [-0.1, -0.05) is 32.0 Å². The molecule has 6 nitrogen and oxygen atoms in total. The number of methoxy groups -OCH3 is 2. The van der Waals surface area contributed by atoms with E-state index in [1.807, 2.05) is 24.3 Å². The molecule has 2 aromatic carbocycles. The molecular formula is C19H25NO5S. The molecule has 1 N–H and O–H groups in total. The lowest BCUT2D eigenvalue weighted by Crippen LogP contribution is -2.28. The summed E-state index contributed by atoms with van der Waals surface area (Å²) in [5.41, 5.74) is 1.09. The van der Waals surface area contributed by atoms with E-state index >= 15 is 0 Å². The first kappa shape index (κ1) is 20.1. The molecule has 0 amide bonds. The summed E-state index contributed by atoms with van der Waals surface area (Å²) in [6, 6.07) is 12.3. The van der Waals surface area contributed by atoms with Crippen molar-refractivity contribution in [2.75, 3.05) is 27.4 Å². The molecule has 0 aliphatic carbocycles. The summed E-state index contributed by atoms with van der Waals surface area (Å²) in [4.78, 5) is 0.0587. The summed E-state index contributed by atoms with van der Waals surface area (Å²) in [6.45, 7) is 4.53. The first-order chi connectivity index (χ1) is 12.4. The molecule has 0 bridgehead atoms. The van der Waals surface area contributed by atoms with Gasteiger partial charge in [-0.2, -0.15) is 0 Å². The predicted molar refractivity (Wildman–Crippen MR) is 101 cm³/mol. The van der Waals surface area contributed by atoms with Gasteiger partial charge < -0.3 is 14.2 Å². The number of benzene rings is 2. The monoisotopic (exact) mass is 379 g/mol. The Balaban J connectivity index is 2.01. The van der Waals surface area contributed by atoms with Crippen LogP contribution < -0.4 is 18.9 Å². The van der Waals surface area contributed by atoms with Crippen molar-refractivity contribution in [1.82, 2.24) is 4.72 Å². The van der Waals surface area contributed by atoms with Crippen LogP contribution in [0.25, 0.3) is 0 Å². The van der Waals surface area contributed by atoms with Gasteiger partial charge in [-0.15, -0.1) is 0 Å². The van der Waals surface area contributed by atoms with E-state index in [2.05, 4.69) is 18.6 Å². The fourth-order valence-corrected chi connectivity index (χ4v) is 3.66. The summed E-state index contributed by atoms with van der Waals surface area (Å²) in [5.74, 6) is 1.84. The Hall–Kier alpha value is -2.25. The van der Waals surface area contributed by atoms with Gasteiger partial charge >= 0.3 is 0 Å². The van der Waals surface area contributed by atoms with E-state index in [0.29, 0.717) is 11.7 Å². The average molecular weight is 379 g/mol. The molecule has 0 saturated heterocycles. The van der Waals surface area contributed by atoms with Crippen molar-refractivity contribution >= 4 is 10.0 Å². The molecular weight excluding hydrogens is 354 g/mol. The van der Waals surface area contributed by atoms with Gasteiger partial charge in [0.25, 0.3) is 0 Å². The second-order valence-electron chi connectivity index (χ2n) is 5.96. The summed E-state index contributed by atoms with van der Waals surface area (Å²) in [6.07, 6.45) is 0. The van der Waals surface area contributed by atoms with Crippen molar-refractivity contribution < 1.29 is 22.6 Å². The van der Waals surface area contributed by atoms with E-state index in [1.165, 1.54) is 26.4 Å². The van der Waals surface area contributed by atoms with Gasteiger partial charge in [0.2, 0.25) is 10.0 Å². The van der Waals surface area contributed by atoms with Crippen LogP contribution >= 0.6 is 0 Å². The van der Waals surface area contributed by atoms with Crippen molar-refractivity contribution in [1.29, 1.82) is 0 Å². The van der Waals surface area contributed by atoms with Crippen molar-refractivity contribution in [2.24, 2.45) is 0 Å². The normalized spacial score (nSPS) is 11.4. The number of ether oxygens (including phenoxy) is 3. The zero-order valence-corrected chi connectivity index (χ0v) is 16.3. The van der Waals surface area contributed by atoms with Gasteiger partial charge in [-0.05, 0) is 29.7 Å². The van der Waals surface area contributed by atoms with E-state index in [0.717, 1.165) is 11.3 Å². The molecule has 26 heavy (non-hydrogen) atoms. The lowest BCUT2D eigenvalue weighted by Gasteiger charge is -2.15. The number of rotatable bonds is 9. The topological polar surface area (TPSA) is 73.9 Å². The molecule has 0 unspecified atom stereocenters. The third-order valence-corrected chi connectivity index (χ3v) is 5.35. The lowest BCUT2D eigenvalue weighted by molar-refractivity contribution is 0.318. The van der Waals surface area contributed by atoms with Crippen LogP contribution in [0.1, 0.15) is 25.3 Å². The van der Waals surface area contributed by atoms with E-state index in [9.17, 15) is 8.42 Å². The van der Waals surface area contributed by atoms with E-state index < -0.39 is 10.0 Å². The Morgan fingerprint density at radius 2 is 1.73 bits per heavy atom. The van der Waals surface area contributed by atoms with Gasteiger partial charge in [-0.25, -0.2) is 13.1 Å². The van der Waals surface area contributed by atoms with Crippen molar-refractivity contribution in [3.05, 3.63) is 48.0 Å². The van der Waals surface area contributed by atoms with Crippen molar-refractivity contribution in [3.63, 3.8) is 0 Å². The number of hydrogen-bond acceptors (Lipinski definition) is 5. The predicted octanol–water partition coefficient (Wildman–Crippen LogP) is 3.18. The smallest absolute Gasteiger partial charge is 0.244 e. The lowest BCUT2D eigenvalue weighted by atomic mass is 10.0. The van der Waals surface area contributed by atoms with E-state index in [-0.39, 0.29) is 23.8 Å². The minimum absolute atomic E-state index is 0.0587. The van der Waals surface area contributed by atoms with Gasteiger partial charge in [-0.3, -0.25) is 0 Å². The molecule has 0 saturated carbocycles. The molecule has 7 heteroatoms. The van der Waals surface area contributed by atoms with Crippen LogP contribution in [0.5, 0.6) is 17.2 Å². The van der Waals surface area contributed by atoms with Crippen molar-refractivity contribution in [2.45, 2.75) is 24.7 Å². The molecule has 2 aromatic rings. The Bertz CT molecular complexity index is 834. The average Bonchev–Trinajstić information content (AvgIpc) is 2.64. The number of nitrogens with one attached hydrogen (secondary N) is 1. The molecule has 0 radical (unpaired) electrons. The summed E-state index contributed by atoms with van der Waals surface area (Å²) >= 11 is 0. The van der Waals surface area contributed by atoms with Crippen LogP contribution in [-0.4, -0.2) is 35.8 Å². The minimum Gasteiger partial charge on any atom is -0.497 e. The zero-order chi connectivity index (χ0) is 19.2. The maximum Gasteiger partial charge on any atom is 0.244 e. The Morgan fingerprint density at radius 1 is 1.00 bits per heavy atom. The van der Waals surface area contributed by atoms with Crippen LogP contribution in [0, 0.1) is 0 Å². The molecule has 142 valence electrons. The number of sulfonamides is 1. The number of hydrogen-bond donors (Lipinski definition) is 1. The second-order valence-corrected chi connectivity index (χ2v) is 7.69. The minimum atomic E-state index is -3.72. The fourth-order valence-electron chi connectivity index (χ4n) is 2.50. The van der Waals surface area contributed by atoms with Crippen LogP contribution in [0.15, 0.2) is 47.4 Å². The largest absolute Gasteiger partial charge is 0.497 e. The highest BCUT2D eigenvalue weighted by atomic mass is 32.2. The molecule has 0 fully saturated rings. The molecule has 2 rings (SSSR count). The van der Waals surface area contributed by atoms with E-state index in [4.69, 9.17) is 14.2 Å². The van der Waals surface area contributed by atoms with Gasteiger partial charge in [0, 0.05) is 12.6 Å². The van der Waals surface area contributed by atoms with Crippen LogP contribution in [0.4, 0.5) is 0 Å². The van der Waals surface area contributed by atoms with Crippen LogP contribution in [0.2, 0.25) is 0 Å². The Morgan fingerprint density at radius 3 is 2.38 bits per heavy atom. The maximum atomic E-state index is 12.5. The molecule has 0 atom stereocenters.